The van der Waals surface area contributed by atoms with E-state index in [9.17, 15) is 22.8 Å². The van der Waals surface area contributed by atoms with Crippen molar-refractivity contribution in [3.05, 3.63) is 65.7 Å². The molecule has 0 aliphatic carbocycles. The van der Waals surface area contributed by atoms with Gasteiger partial charge in [0.1, 0.15) is 5.58 Å². The van der Waals surface area contributed by atoms with Gasteiger partial charge < -0.3 is 24.5 Å². The summed E-state index contributed by atoms with van der Waals surface area (Å²) in [6.45, 7) is 4.19. The molecule has 5 rings (SSSR count). The average molecular weight is 519 g/mol. The SMILES string of the molecule is Cc1c(C(=O)N2C[C@@H]3[C@H](CNC(=O)c4ccncc4)CO[C@@H]3C2)oc2ccccc12.O=C(O)C(F)(F)F. The second-order valence-corrected chi connectivity index (χ2v) is 8.81. The fraction of sp³-hybridized carbons (Fsp3) is 0.360. The number of aliphatic carboxylic acids is 1. The van der Waals surface area contributed by atoms with Gasteiger partial charge in [-0.3, -0.25) is 14.6 Å². The van der Waals surface area contributed by atoms with Crippen LogP contribution in [0.2, 0.25) is 0 Å². The maximum atomic E-state index is 13.1. The second-order valence-electron chi connectivity index (χ2n) is 8.81. The molecule has 1 aromatic carbocycles. The molecule has 2 aromatic heterocycles. The van der Waals surface area contributed by atoms with Crippen LogP contribution in [0, 0.1) is 18.8 Å². The van der Waals surface area contributed by atoms with Crippen LogP contribution in [0.1, 0.15) is 26.5 Å². The first kappa shape index (κ1) is 26.1. The number of carbonyl (C=O) groups is 3. The number of ether oxygens (including phenoxy) is 1. The molecular weight excluding hydrogens is 495 g/mol. The number of aryl methyl sites for hydroxylation is 1. The number of alkyl halides is 3. The number of hydrogen-bond donors (Lipinski definition) is 2. The predicted molar refractivity (Wildman–Crippen MR) is 124 cm³/mol. The van der Waals surface area contributed by atoms with Crippen molar-refractivity contribution in [2.24, 2.45) is 11.8 Å². The Balaban J connectivity index is 0.000000405. The molecule has 2 aliphatic heterocycles. The van der Waals surface area contributed by atoms with E-state index in [0.717, 1.165) is 16.5 Å². The van der Waals surface area contributed by atoms with E-state index in [4.69, 9.17) is 19.1 Å². The minimum atomic E-state index is -5.08. The number of carbonyl (C=O) groups excluding carboxylic acids is 2. The highest BCUT2D eigenvalue weighted by Gasteiger charge is 2.46. The lowest BCUT2D eigenvalue weighted by Gasteiger charge is -2.19. The number of fused-ring (bicyclic) bond motifs is 2. The Morgan fingerprint density at radius 2 is 1.81 bits per heavy atom. The molecule has 2 fully saturated rings. The molecule has 0 bridgehead atoms. The van der Waals surface area contributed by atoms with Crippen LogP contribution in [-0.4, -0.2) is 71.3 Å². The summed E-state index contributed by atoms with van der Waals surface area (Å²) in [6.07, 6.45) is -1.88. The Labute approximate surface area is 209 Å². The van der Waals surface area contributed by atoms with Crippen LogP contribution in [0.25, 0.3) is 11.0 Å². The second kappa shape index (κ2) is 10.6. The summed E-state index contributed by atoms with van der Waals surface area (Å²) in [7, 11) is 0. The van der Waals surface area contributed by atoms with Crippen LogP contribution in [-0.2, 0) is 9.53 Å². The lowest BCUT2D eigenvalue weighted by molar-refractivity contribution is -0.192. The van der Waals surface area contributed by atoms with Gasteiger partial charge in [0.05, 0.1) is 12.7 Å². The van der Waals surface area contributed by atoms with E-state index in [-0.39, 0.29) is 29.8 Å². The molecule has 9 nitrogen and oxygen atoms in total. The molecule has 2 N–H and O–H groups in total. The van der Waals surface area contributed by atoms with Crippen LogP contribution < -0.4 is 5.32 Å². The highest BCUT2D eigenvalue weighted by molar-refractivity contribution is 5.99. The van der Waals surface area contributed by atoms with Gasteiger partial charge in [-0.05, 0) is 25.1 Å². The third-order valence-electron chi connectivity index (χ3n) is 6.47. The maximum Gasteiger partial charge on any atom is 0.490 e. The molecule has 0 spiro atoms. The van der Waals surface area contributed by atoms with Crippen molar-refractivity contribution in [3.63, 3.8) is 0 Å². The number of para-hydroxylation sites is 1. The zero-order valence-electron chi connectivity index (χ0n) is 19.7. The summed E-state index contributed by atoms with van der Waals surface area (Å²) in [5.41, 5.74) is 2.18. The van der Waals surface area contributed by atoms with Gasteiger partial charge in [-0.2, -0.15) is 13.2 Å². The number of hydrogen-bond acceptors (Lipinski definition) is 6. The largest absolute Gasteiger partial charge is 0.490 e. The lowest BCUT2D eigenvalue weighted by atomic mass is 9.93. The standard InChI is InChI=1S/C23H23N3O4.C2HF3O2/c1-14-17-4-2-3-5-19(17)30-21(14)23(28)26-11-18-16(13-29-20(18)12-26)10-25-22(27)15-6-8-24-9-7-15;3-2(4,5)1(6)7/h2-9,16,18,20H,10-13H2,1H3,(H,25,27);(H,6,7)/t16-,18-,20-;/m1./s1. The molecule has 12 heteroatoms. The Bertz CT molecular complexity index is 1290. The first-order chi connectivity index (χ1) is 17.6. The van der Waals surface area contributed by atoms with E-state index in [1.165, 1.54) is 0 Å². The van der Waals surface area contributed by atoms with Gasteiger partial charge in [0, 0.05) is 60.4 Å². The smallest absolute Gasteiger partial charge is 0.475 e. The molecule has 0 saturated carbocycles. The topological polar surface area (TPSA) is 122 Å². The molecule has 196 valence electrons. The summed E-state index contributed by atoms with van der Waals surface area (Å²) in [5.74, 6) is -2.19. The van der Waals surface area contributed by atoms with Gasteiger partial charge in [-0.15, -0.1) is 0 Å². The number of benzene rings is 1. The van der Waals surface area contributed by atoms with E-state index >= 15 is 0 Å². The van der Waals surface area contributed by atoms with Gasteiger partial charge in [0.2, 0.25) is 0 Å². The number of aromatic nitrogens is 1. The zero-order chi connectivity index (χ0) is 26.7. The lowest BCUT2D eigenvalue weighted by Crippen LogP contribution is -2.35. The predicted octanol–water partition coefficient (Wildman–Crippen LogP) is 3.29. The number of rotatable bonds is 4. The summed E-state index contributed by atoms with van der Waals surface area (Å²) in [5, 5.41) is 11.1. The van der Waals surface area contributed by atoms with Crippen LogP contribution in [0.3, 0.4) is 0 Å². The van der Waals surface area contributed by atoms with Gasteiger partial charge in [0.25, 0.3) is 11.8 Å². The maximum absolute atomic E-state index is 13.1. The number of carboxylic acid groups (broad SMARTS) is 1. The molecule has 4 heterocycles. The Kier molecular flexibility index (Phi) is 7.48. The average Bonchev–Trinajstić information content (AvgIpc) is 3.56. The Morgan fingerprint density at radius 1 is 1.14 bits per heavy atom. The van der Waals surface area contributed by atoms with Crippen molar-refractivity contribution in [2.75, 3.05) is 26.2 Å². The fourth-order valence-electron chi connectivity index (χ4n) is 4.53. The summed E-state index contributed by atoms with van der Waals surface area (Å²) < 4.78 is 43.5. The van der Waals surface area contributed by atoms with Gasteiger partial charge in [-0.1, -0.05) is 18.2 Å². The van der Waals surface area contributed by atoms with Crippen molar-refractivity contribution < 1.29 is 41.8 Å². The Morgan fingerprint density at radius 3 is 2.46 bits per heavy atom. The first-order valence-electron chi connectivity index (χ1n) is 11.4. The third kappa shape index (κ3) is 5.74. The van der Waals surface area contributed by atoms with E-state index in [1.807, 2.05) is 36.1 Å². The highest BCUT2D eigenvalue weighted by atomic mass is 19.4. The van der Waals surface area contributed by atoms with Gasteiger partial charge >= 0.3 is 12.1 Å². The normalized spacial score (nSPS) is 20.8. The van der Waals surface area contributed by atoms with E-state index in [2.05, 4.69) is 10.3 Å². The van der Waals surface area contributed by atoms with Gasteiger partial charge in [0.15, 0.2) is 5.76 Å². The monoisotopic (exact) mass is 519 g/mol. The summed E-state index contributed by atoms with van der Waals surface area (Å²) in [4.78, 5) is 40.1. The minimum Gasteiger partial charge on any atom is -0.475 e. The molecule has 0 unspecified atom stereocenters. The Hall–Kier alpha value is -3.93. The van der Waals surface area contributed by atoms with Crippen molar-refractivity contribution in [2.45, 2.75) is 19.2 Å². The van der Waals surface area contributed by atoms with Crippen molar-refractivity contribution in [1.29, 1.82) is 0 Å². The molecule has 2 amide bonds. The molecular formula is C25H24F3N3O6. The van der Waals surface area contributed by atoms with Crippen molar-refractivity contribution in [1.82, 2.24) is 15.2 Å². The number of pyridine rings is 1. The summed E-state index contributed by atoms with van der Waals surface area (Å²) in [6, 6.07) is 11.1. The highest BCUT2D eigenvalue weighted by Crippen LogP contribution is 2.35. The van der Waals surface area contributed by atoms with E-state index in [0.29, 0.717) is 37.6 Å². The van der Waals surface area contributed by atoms with E-state index < -0.39 is 12.1 Å². The fourth-order valence-corrected chi connectivity index (χ4v) is 4.53. The van der Waals surface area contributed by atoms with Crippen LogP contribution >= 0.6 is 0 Å². The van der Waals surface area contributed by atoms with Crippen LogP contribution in [0.5, 0.6) is 0 Å². The molecule has 3 aromatic rings. The zero-order valence-corrected chi connectivity index (χ0v) is 19.7. The van der Waals surface area contributed by atoms with E-state index in [1.54, 1.807) is 24.5 Å². The minimum absolute atomic E-state index is 0.00135. The van der Waals surface area contributed by atoms with Crippen molar-refractivity contribution >= 4 is 28.8 Å². The molecule has 0 radical (unpaired) electrons. The number of likely N-dealkylation sites (tertiary alicyclic amines) is 1. The number of furan rings is 1. The quantitative estimate of drug-likeness (QED) is 0.543. The summed E-state index contributed by atoms with van der Waals surface area (Å²) >= 11 is 0. The van der Waals surface area contributed by atoms with Crippen LogP contribution in [0.4, 0.5) is 13.2 Å². The third-order valence-corrected chi connectivity index (χ3v) is 6.47. The first-order valence-corrected chi connectivity index (χ1v) is 11.4. The number of halogens is 3. The number of amides is 2. The molecule has 3 atom stereocenters. The number of carboxylic acids is 1. The molecule has 2 aliphatic rings. The number of nitrogens with zero attached hydrogens (tertiary/aromatic N) is 2. The van der Waals surface area contributed by atoms with Crippen molar-refractivity contribution in [3.8, 4) is 0 Å². The van der Waals surface area contributed by atoms with Crippen LogP contribution in [0.15, 0.2) is 53.2 Å². The molecule has 37 heavy (non-hydrogen) atoms. The van der Waals surface area contributed by atoms with Gasteiger partial charge in [-0.25, -0.2) is 4.79 Å². The molecule has 2 saturated heterocycles. The number of nitrogens with one attached hydrogen (secondary N) is 1.